The first-order valence-corrected chi connectivity index (χ1v) is 12.4. The molecule has 0 unspecified atom stereocenters. The molecule has 11 heteroatoms. The lowest BCUT2D eigenvalue weighted by Crippen LogP contribution is -2.43. The molecule has 0 aromatic heterocycles. The fourth-order valence-corrected chi connectivity index (χ4v) is 5.73. The Balaban J connectivity index is 1.66. The molecular formula is C22H21BrFN3O5S. The van der Waals surface area contributed by atoms with E-state index < -0.39 is 21.7 Å². The third-order valence-electron chi connectivity index (χ3n) is 5.47. The van der Waals surface area contributed by atoms with Gasteiger partial charge in [-0.3, -0.25) is 24.7 Å². The SMILES string of the molecule is COc1ccc(S(=O)(=O)N2CCC(C(=O)NNC(=O)C3CC3)=C(Br)c3ccccc32)cc1F. The number of hydrogen-bond donors (Lipinski definition) is 2. The van der Waals surface area contributed by atoms with Gasteiger partial charge in [0.15, 0.2) is 11.6 Å². The second kappa shape index (κ2) is 9.14. The molecule has 2 aromatic rings. The number of hydrogen-bond acceptors (Lipinski definition) is 5. The van der Waals surface area contributed by atoms with E-state index in [1.807, 2.05) is 0 Å². The van der Waals surface area contributed by atoms with E-state index >= 15 is 0 Å². The van der Waals surface area contributed by atoms with Crippen LogP contribution in [0.15, 0.2) is 52.9 Å². The number of benzene rings is 2. The molecule has 4 rings (SSSR count). The van der Waals surface area contributed by atoms with Crippen LogP contribution in [0.4, 0.5) is 10.1 Å². The smallest absolute Gasteiger partial charge is 0.266 e. The van der Waals surface area contributed by atoms with Gasteiger partial charge in [0.2, 0.25) is 5.91 Å². The van der Waals surface area contributed by atoms with Crippen molar-refractivity contribution in [3.8, 4) is 5.75 Å². The van der Waals surface area contributed by atoms with E-state index in [2.05, 4.69) is 26.8 Å². The summed E-state index contributed by atoms with van der Waals surface area (Å²) in [5.41, 5.74) is 5.91. The number of halogens is 2. The largest absolute Gasteiger partial charge is 0.494 e. The lowest BCUT2D eigenvalue weighted by Gasteiger charge is -2.25. The first kappa shape index (κ1) is 23.2. The fraction of sp³-hybridized carbons (Fsp3) is 0.273. The number of carbonyl (C=O) groups is 2. The van der Waals surface area contributed by atoms with Crippen molar-refractivity contribution in [3.63, 3.8) is 0 Å². The fourth-order valence-electron chi connectivity index (χ4n) is 3.52. The summed E-state index contributed by atoms with van der Waals surface area (Å²) in [6.45, 7) is -0.0680. The van der Waals surface area contributed by atoms with Crippen molar-refractivity contribution in [2.24, 2.45) is 5.92 Å². The molecule has 1 aliphatic carbocycles. The maximum Gasteiger partial charge on any atom is 0.266 e. The standard InChI is InChI=1S/C22H21BrFN3O5S/c1-32-19-9-8-14(12-17(19)24)33(30,31)27-11-10-16(20(23)15-4-2-3-5-18(15)27)22(29)26-25-21(28)13-6-7-13/h2-5,8-9,12-13H,6-7,10-11H2,1H3,(H,25,28)(H,26,29). The number of ether oxygens (including phenoxy) is 1. The number of para-hydroxylation sites is 1. The zero-order valence-corrected chi connectivity index (χ0v) is 20.0. The Kier molecular flexibility index (Phi) is 6.44. The number of methoxy groups -OCH3 is 1. The van der Waals surface area contributed by atoms with Crippen LogP contribution >= 0.6 is 15.9 Å². The van der Waals surface area contributed by atoms with E-state index in [1.54, 1.807) is 24.3 Å². The van der Waals surface area contributed by atoms with Crippen molar-refractivity contribution in [3.05, 3.63) is 59.4 Å². The Morgan fingerprint density at radius 3 is 2.55 bits per heavy atom. The van der Waals surface area contributed by atoms with E-state index in [0.717, 1.165) is 23.2 Å². The molecule has 2 amide bonds. The van der Waals surface area contributed by atoms with Crippen LogP contribution in [-0.4, -0.2) is 33.9 Å². The summed E-state index contributed by atoms with van der Waals surface area (Å²) >= 11 is 3.44. The molecular weight excluding hydrogens is 517 g/mol. The van der Waals surface area contributed by atoms with Crippen LogP contribution in [-0.2, 0) is 19.6 Å². The van der Waals surface area contributed by atoms with Crippen LogP contribution < -0.4 is 19.9 Å². The highest BCUT2D eigenvalue weighted by molar-refractivity contribution is 9.15. The molecule has 2 N–H and O–H groups in total. The monoisotopic (exact) mass is 537 g/mol. The molecule has 0 saturated heterocycles. The molecule has 1 saturated carbocycles. The van der Waals surface area contributed by atoms with E-state index in [-0.39, 0.29) is 41.0 Å². The zero-order valence-electron chi connectivity index (χ0n) is 17.6. The maximum absolute atomic E-state index is 14.3. The topological polar surface area (TPSA) is 105 Å². The summed E-state index contributed by atoms with van der Waals surface area (Å²) in [5.74, 6) is -1.74. The molecule has 1 aliphatic heterocycles. The summed E-state index contributed by atoms with van der Waals surface area (Å²) in [7, 11) is -2.87. The Hall–Kier alpha value is -2.92. The number of fused-ring (bicyclic) bond motifs is 1. The second-order valence-corrected chi connectivity index (χ2v) is 10.3. The van der Waals surface area contributed by atoms with Crippen LogP contribution in [0.3, 0.4) is 0 Å². The molecule has 8 nitrogen and oxygen atoms in total. The Morgan fingerprint density at radius 2 is 1.88 bits per heavy atom. The zero-order chi connectivity index (χ0) is 23.8. The molecule has 1 heterocycles. The second-order valence-electron chi connectivity index (χ2n) is 7.65. The number of sulfonamides is 1. The van der Waals surface area contributed by atoms with Gasteiger partial charge in [0.25, 0.3) is 15.9 Å². The van der Waals surface area contributed by atoms with Gasteiger partial charge in [-0.2, -0.15) is 0 Å². The Morgan fingerprint density at radius 1 is 1.15 bits per heavy atom. The van der Waals surface area contributed by atoms with Gasteiger partial charge in [0.05, 0.1) is 17.7 Å². The van der Waals surface area contributed by atoms with E-state index in [4.69, 9.17) is 4.74 Å². The van der Waals surface area contributed by atoms with Gasteiger partial charge in [-0.05, 0) is 59.5 Å². The minimum Gasteiger partial charge on any atom is -0.494 e. The van der Waals surface area contributed by atoms with Gasteiger partial charge in [-0.25, -0.2) is 12.8 Å². The van der Waals surface area contributed by atoms with Crippen molar-refractivity contribution >= 4 is 47.9 Å². The van der Waals surface area contributed by atoms with Crippen LogP contribution in [0, 0.1) is 11.7 Å². The van der Waals surface area contributed by atoms with E-state index in [9.17, 15) is 22.4 Å². The third-order valence-corrected chi connectivity index (χ3v) is 8.19. The van der Waals surface area contributed by atoms with Gasteiger partial charge >= 0.3 is 0 Å². The predicted molar refractivity (Wildman–Crippen MR) is 123 cm³/mol. The molecule has 0 radical (unpaired) electrons. The molecule has 2 aliphatic rings. The molecule has 33 heavy (non-hydrogen) atoms. The maximum atomic E-state index is 14.3. The summed E-state index contributed by atoms with van der Waals surface area (Å²) in [5, 5.41) is 0. The average molecular weight is 538 g/mol. The van der Waals surface area contributed by atoms with Crippen molar-refractivity contribution < 1.29 is 27.1 Å². The number of amides is 2. The summed E-state index contributed by atoms with van der Waals surface area (Å²) in [6, 6.07) is 10.1. The lowest BCUT2D eigenvalue weighted by atomic mass is 10.1. The number of nitrogens with zero attached hydrogens (tertiary/aromatic N) is 1. The third kappa shape index (κ3) is 4.60. The van der Waals surface area contributed by atoms with Crippen molar-refractivity contribution in [1.82, 2.24) is 10.9 Å². The van der Waals surface area contributed by atoms with Gasteiger partial charge in [-0.1, -0.05) is 18.2 Å². The molecule has 0 spiro atoms. The first-order valence-electron chi connectivity index (χ1n) is 10.2. The van der Waals surface area contributed by atoms with E-state index in [1.165, 1.54) is 19.2 Å². The van der Waals surface area contributed by atoms with Gasteiger partial charge < -0.3 is 4.74 Å². The first-order chi connectivity index (χ1) is 15.7. The molecule has 1 fully saturated rings. The summed E-state index contributed by atoms with van der Waals surface area (Å²) < 4.78 is 47.6. The minimum atomic E-state index is -4.16. The quantitative estimate of drug-likeness (QED) is 0.570. The molecule has 0 bridgehead atoms. The number of rotatable bonds is 5. The number of hydrazine groups is 1. The van der Waals surface area contributed by atoms with Crippen LogP contribution in [0.1, 0.15) is 24.8 Å². The lowest BCUT2D eigenvalue weighted by molar-refractivity contribution is -0.128. The van der Waals surface area contributed by atoms with Gasteiger partial charge in [0, 0.05) is 28.1 Å². The summed E-state index contributed by atoms with van der Waals surface area (Å²) in [6.07, 6.45) is 1.64. The number of anilines is 1. The minimum absolute atomic E-state index is 0.0538. The van der Waals surface area contributed by atoms with Crippen LogP contribution in [0.5, 0.6) is 5.75 Å². The average Bonchev–Trinajstić information content (AvgIpc) is 3.65. The van der Waals surface area contributed by atoms with E-state index in [0.29, 0.717) is 15.7 Å². The van der Waals surface area contributed by atoms with Crippen LogP contribution in [0.25, 0.3) is 4.48 Å². The predicted octanol–water partition coefficient (Wildman–Crippen LogP) is 3.10. The number of carbonyl (C=O) groups excluding carboxylic acids is 2. The van der Waals surface area contributed by atoms with Crippen LogP contribution in [0.2, 0.25) is 0 Å². The highest BCUT2D eigenvalue weighted by Gasteiger charge is 2.33. The Bertz CT molecular complexity index is 1260. The molecule has 174 valence electrons. The van der Waals surface area contributed by atoms with Gasteiger partial charge in [-0.15, -0.1) is 0 Å². The highest BCUT2D eigenvalue weighted by Crippen LogP contribution is 2.40. The van der Waals surface area contributed by atoms with Gasteiger partial charge in [0.1, 0.15) is 0 Å². The Labute approximate surface area is 198 Å². The summed E-state index contributed by atoms with van der Waals surface area (Å²) in [4.78, 5) is 24.4. The number of nitrogens with one attached hydrogen (secondary N) is 2. The van der Waals surface area contributed by atoms with Crippen molar-refractivity contribution in [2.75, 3.05) is 18.0 Å². The van der Waals surface area contributed by atoms with Crippen molar-refractivity contribution in [2.45, 2.75) is 24.2 Å². The molecule has 2 aromatic carbocycles. The normalized spacial score (nSPS) is 16.0. The molecule has 0 atom stereocenters. The van der Waals surface area contributed by atoms with Crippen molar-refractivity contribution in [1.29, 1.82) is 0 Å². The highest BCUT2D eigenvalue weighted by atomic mass is 79.9.